The normalized spacial score (nSPS) is 11.4. The molecule has 0 unspecified atom stereocenters. The van der Waals surface area contributed by atoms with E-state index in [0.29, 0.717) is 21.3 Å². The van der Waals surface area contributed by atoms with E-state index in [1.165, 1.54) is 0 Å². The Morgan fingerprint density at radius 1 is 1.09 bits per heavy atom. The molecule has 1 N–H and O–H groups in total. The smallest absolute Gasteiger partial charge is 0.236 e. The van der Waals surface area contributed by atoms with Crippen LogP contribution < -0.4 is 4.72 Å². The fraction of sp³-hybridized carbons (Fsp3) is 0.200. The van der Waals surface area contributed by atoms with Crippen LogP contribution in [-0.4, -0.2) is 14.2 Å². The lowest BCUT2D eigenvalue weighted by Crippen LogP contribution is -2.15. The molecule has 0 heterocycles. The number of hydrogen-bond acceptors (Lipinski definition) is 3. The molecule has 0 aliphatic heterocycles. The van der Waals surface area contributed by atoms with Gasteiger partial charge < -0.3 is 0 Å². The molecular weight excluding hydrogens is 361 g/mol. The van der Waals surface area contributed by atoms with Crippen molar-refractivity contribution in [3.63, 3.8) is 0 Å². The second-order valence-corrected chi connectivity index (χ2v) is 8.38. The van der Waals surface area contributed by atoms with Crippen LogP contribution in [-0.2, 0) is 15.8 Å². The van der Waals surface area contributed by atoms with E-state index in [4.69, 9.17) is 23.2 Å². The van der Waals surface area contributed by atoms with Crippen LogP contribution in [0.3, 0.4) is 0 Å². The summed E-state index contributed by atoms with van der Waals surface area (Å²) in [4.78, 5) is 0.905. The highest BCUT2D eigenvalue weighted by Gasteiger charge is 2.14. The minimum absolute atomic E-state index is 0.158. The molecular formula is C15H15Cl2NO2S2. The first-order chi connectivity index (χ1) is 10.4. The lowest BCUT2D eigenvalue weighted by molar-refractivity contribution is 0.600. The molecule has 0 radical (unpaired) electrons. The highest BCUT2D eigenvalue weighted by atomic mass is 35.5. The highest BCUT2D eigenvalue weighted by molar-refractivity contribution is 7.99. The fourth-order valence-electron chi connectivity index (χ4n) is 1.88. The van der Waals surface area contributed by atoms with Gasteiger partial charge in [0.2, 0.25) is 10.0 Å². The van der Waals surface area contributed by atoms with Crippen molar-refractivity contribution >= 4 is 50.7 Å². The zero-order chi connectivity index (χ0) is 16.2. The topological polar surface area (TPSA) is 46.2 Å². The molecule has 118 valence electrons. The summed E-state index contributed by atoms with van der Waals surface area (Å²) in [5.41, 5.74) is 1.18. The Hall–Kier alpha value is -0.880. The molecule has 22 heavy (non-hydrogen) atoms. The maximum absolute atomic E-state index is 12.3. The summed E-state index contributed by atoms with van der Waals surface area (Å²) in [6, 6.07) is 12.1. The van der Waals surface area contributed by atoms with Crippen molar-refractivity contribution in [2.45, 2.75) is 17.6 Å². The molecule has 7 heteroatoms. The standard InChI is InChI=1S/C15H15Cl2NO2S2/c1-2-21-15-6-4-3-5-14(15)18-22(19,20)10-11-7-8-12(16)13(17)9-11/h3-9,18H,2,10H2,1H3. The molecule has 0 saturated heterocycles. The monoisotopic (exact) mass is 375 g/mol. The second-order valence-electron chi connectivity index (χ2n) is 4.54. The minimum Gasteiger partial charge on any atom is -0.282 e. The van der Waals surface area contributed by atoms with Crippen molar-refractivity contribution < 1.29 is 8.42 Å². The second kappa shape index (κ2) is 7.59. The molecule has 0 amide bonds. The van der Waals surface area contributed by atoms with Gasteiger partial charge in [-0.05, 0) is 35.6 Å². The van der Waals surface area contributed by atoms with Crippen molar-refractivity contribution in [1.82, 2.24) is 0 Å². The molecule has 0 aromatic heterocycles. The SMILES string of the molecule is CCSc1ccccc1NS(=O)(=O)Cc1ccc(Cl)c(Cl)c1. The summed E-state index contributed by atoms with van der Waals surface area (Å²) in [5.74, 6) is 0.709. The first kappa shape index (κ1) is 17.5. The average molecular weight is 376 g/mol. The first-order valence-corrected chi connectivity index (χ1v) is 9.97. The van der Waals surface area contributed by atoms with Crippen molar-refractivity contribution in [1.29, 1.82) is 0 Å². The number of benzene rings is 2. The molecule has 2 rings (SSSR count). The van der Waals surface area contributed by atoms with Gasteiger partial charge in [0, 0.05) is 4.90 Å². The molecule has 0 aliphatic carbocycles. The van der Waals surface area contributed by atoms with E-state index in [0.717, 1.165) is 10.6 Å². The van der Waals surface area contributed by atoms with Crippen LogP contribution in [0.15, 0.2) is 47.4 Å². The summed E-state index contributed by atoms with van der Waals surface area (Å²) < 4.78 is 27.3. The summed E-state index contributed by atoms with van der Waals surface area (Å²) in [6.07, 6.45) is 0. The molecule has 0 saturated carbocycles. The highest BCUT2D eigenvalue weighted by Crippen LogP contribution is 2.28. The van der Waals surface area contributed by atoms with Crippen molar-refractivity contribution in [3.05, 3.63) is 58.1 Å². The number of halogens is 2. The predicted octanol–water partition coefficient (Wildman–Crippen LogP) is 5.05. The van der Waals surface area contributed by atoms with Crippen LogP contribution >= 0.6 is 35.0 Å². The van der Waals surface area contributed by atoms with Crippen molar-refractivity contribution in [3.8, 4) is 0 Å². The predicted molar refractivity (Wildman–Crippen MR) is 95.5 cm³/mol. The number of nitrogens with one attached hydrogen (secondary N) is 1. The number of rotatable bonds is 6. The maximum Gasteiger partial charge on any atom is 0.236 e. The van der Waals surface area contributed by atoms with E-state index in [-0.39, 0.29) is 5.75 Å². The molecule has 0 fully saturated rings. The van der Waals surface area contributed by atoms with Gasteiger partial charge in [-0.25, -0.2) is 8.42 Å². The van der Waals surface area contributed by atoms with Crippen molar-refractivity contribution in [2.24, 2.45) is 0 Å². The Bertz CT molecular complexity index is 764. The number of hydrogen-bond donors (Lipinski definition) is 1. The molecule has 0 aliphatic rings. The van der Waals surface area contributed by atoms with Gasteiger partial charge in [0.25, 0.3) is 0 Å². The minimum atomic E-state index is -3.52. The number of thioether (sulfide) groups is 1. The zero-order valence-corrected chi connectivity index (χ0v) is 15.0. The van der Waals surface area contributed by atoms with Crippen LogP contribution in [0.2, 0.25) is 10.0 Å². The van der Waals surface area contributed by atoms with E-state index in [9.17, 15) is 8.42 Å². The van der Waals surface area contributed by atoms with Gasteiger partial charge in [0.05, 0.1) is 21.5 Å². The lowest BCUT2D eigenvalue weighted by atomic mass is 10.2. The number of para-hydroxylation sites is 1. The Kier molecular flexibility index (Phi) is 6.03. The zero-order valence-electron chi connectivity index (χ0n) is 11.8. The fourth-order valence-corrected chi connectivity index (χ4v) is 4.23. The van der Waals surface area contributed by atoms with E-state index in [2.05, 4.69) is 4.72 Å². The van der Waals surface area contributed by atoms with Crippen LogP contribution in [0.4, 0.5) is 5.69 Å². The molecule has 0 spiro atoms. The Morgan fingerprint density at radius 2 is 1.82 bits per heavy atom. The third kappa shape index (κ3) is 4.81. The van der Waals surface area contributed by atoms with Gasteiger partial charge in [-0.1, -0.05) is 48.3 Å². The van der Waals surface area contributed by atoms with Gasteiger partial charge in [0.1, 0.15) is 0 Å². The molecule has 0 bridgehead atoms. The first-order valence-electron chi connectivity index (χ1n) is 6.57. The third-order valence-corrected chi connectivity index (χ3v) is 5.73. The largest absolute Gasteiger partial charge is 0.282 e. The van der Waals surface area contributed by atoms with E-state index in [1.807, 2.05) is 19.1 Å². The van der Waals surface area contributed by atoms with Gasteiger partial charge in [0.15, 0.2) is 0 Å². The Morgan fingerprint density at radius 3 is 2.50 bits per heavy atom. The summed E-state index contributed by atoms with van der Waals surface area (Å²) >= 11 is 13.3. The number of sulfonamides is 1. The van der Waals surface area contributed by atoms with E-state index >= 15 is 0 Å². The molecule has 2 aromatic rings. The maximum atomic E-state index is 12.3. The van der Waals surface area contributed by atoms with Crippen LogP contribution in [0.5, 0.6) is 0 Å². The third-order valence-electron chi connectivity index (χ3n) is 2.79. The van der Waals surface area contributed by atoms with Gasteiger partial charge in [-0.2, -0.15) is 0 Å². The van der Waals surface area contributed by atoms with Gasteiger partial charge >= 0.3 is 0 Å². The van der Waals surface area contributed by atoms with E-state index in [1.54, 1.807) is 42.1 Å². The van der Waals surface area contributed by atoms with E-state index < -0.39 is 10.0 Å². The quantitative estimate of drug-likeness (QED) is 0.718. The molecule has 3 nitrogen and oxygen atoms in total. The van der Waals surface area contributed by atoms with Crippen molar-refractivity contribution in [2.75, 3.05) is 10.5 Å². The van der Waals surface area contributed by atoms with Gasteiger partial charge in [-0.3, -0.25) is 4.72 Å². The summed E-state index contributed by atoms with van der Waals surface area (Å²) in [7, 11) is -3.52. The van der Waals surface area contributed by atoms with Crippen LogP contribution in [0, 0.1) is 0 Å². The average Bonchev–Trinajstić information content (AvgIpc) is 2.45. The van der Waals surface area contributed by atoms with Crippen LogP contribution in [0.1, 0.15) is 12.5 Å². The Labute approximate surface area is 145 Å². The summed E-state index contributed by atoms with van der Waals surface area (Å²) in [5, 5.41) is 0.747. The molecule has 0 atom stereocenters. The lowest BCUT2D eigenvalue weighted by Gasteiger charge is -2.12. The van der Waals surface area contributed by atoms with Crippen LogP contribution in [0.25, 0.3) is 0 Å². The molecule has 2 aromatic carbocycles. The summed E-state index contributed by atoms with van der Waals surface area (Å²) in [6.45, 7) is 2.02. The number of anilines is 1. The Balaban J connectivity index is 2.19. The van der Waals surface area contributed by atoms with Gasteiger partial charge in [-0.15, -0.1) is 11.8 Å².